The van der Waals surface area contributed by atoms with E-state index >= 15 is 0 Å². The molecule has 3 nitrogen and oxygen atoms in total. The predicted octanol–water partition coefficient (Wildman–Crippen LogP) is 0.592. The Balaban J connectivity index is 1.83. The van der Waals surface area contributed by atoms with Crippen molar-refractivity contribution in [3.63, 3.8) is 0 Å². The first-order chi connectivity index (χ1) is 6.30. The topological polar surface area (TPSA) is 9.72 Å². The van der Waals surface area contributed by atoms with E-state index in [2.05, 4.69) is 21.6 Å². The fraction of sp³-hybridized carbons (Fsp3) is 1.00. The molecule has 4 aliphatic heterocycles. The first kappa shape index (κ1) is 8.21. The molecule has 0 spiro atoms. The van der Waals surface area contributed by atoms with Gasteiger partial charge in [-0.1, -0.05) is 13.3 Å². The fourth-order valence-electron chi connectivity index (χ4n) is 3.62. The van der Waals surface area contributed by atoms with E-state index < -0.39 is 0 Å². The van der Waals surface area contributed by atoms with Crippen molar-refractivity contribution in [3.05, 3.63) is 0 Å². The van der Waals surface area contributed by atoms with Crippen LogP contribution < -0.4 is 0 Å². The van der Waals surface area contributed by atoms with Crippen molar-refractivity contribution in [3.8, 4) is 0 Å². The molecule has 4 rings (SSSR count). The molecule has 0 aliphatic carbocycles. The molecule has 74 valence electrons. The molecule has 13 heavy (non-hydrogen) atoms. The van der Waals surface area contributed by atoms with E-state index in [-0.39, 0.29) is 0 Å². The molecule has 4 fully saturated rings. The van der Waals surface area contributed by atoms with Crippen molar-refractivity contribution < 1.29 is 0 Å². The second-order valence-corrected chi connectivity index (χ2v) is 5.16. The monoisotopic (exact) mass is 181 g/mol. The Hall–Kier alpha value is -0.120. The molecule has 0 N–H and O–H groups in total. The predicted molar refractivity (Wildman–Crippen MR) is 52.1 cm³/mol. The molecule has 0 radical (unpaired) electrons. The summed E-state index contributed by atoms with van der Waals surface area (Å²) in [7, 11) is 0. The van der Waals surface area contributed by atoms with Gasteiger partial charge in [-0.3, -0.25) is 14.7 Å². The van der Waals surface area contributed by atoms with Gasteiger partial charge in [-0.05, 0) is 6.42 Å². The zero-order valence-corrected chi connectivity index (χ0v) is 8.50. The Kier molecular flexibility index (Phi) is 1.70. The van der Waals surface area contributed by atoms with E-state index in [1.807, 2.05) is 0 Å². The van der Waals surface area contributed by atoms with Crippen molar-refractivity contribution in [1.82, 2.24) is 14.7 Å². The van der Waals surface area contributed by atoms with Crippen LogP contribution in [0.15, 0.2) is 0 Å². The SMILES string of the molecule is CCCC12CN3CN(CN(C3)C1)C2. The van der Waals surface area contributed by atoms with Gasteiger partial charge in [0.05, 0.1) is 20.0 Å². The lowest BCUT2D eigenvalue weighted by atomic mass is 9.78. The van der Waals surface area contributed by atoms with Gasteiger partial charge in [-0.25, -0.2) is 0 Å². The Morgan fingerprint density at radius 2 is 1.38 bits per heavy atom. The van der Waals surface area contributed by atoms with Gasteiger partial charge in [0, 0.05) is 25.0 Å². The lowest BCUT2D eigenvalue weighted by Crippen LogP contribution is -2.72. The van der Waals surface area contributed by atoms with Crippen LogP contribution >= 0.6 is 0 Å². The maximum atomic E-state index is 2.60. The molecule has 0 saturated carbocycles. The van der Waals surface area contributed by atoms with Crippen LogP contribution in [0.4, 0.5) is 0 Å². The molecule has 4 heterocycles. The first-order valence-corrected chi connectivity index (χ1v) is 5.47. The summed E-state index contributed by atoms with van der Waals surface area (Å²) in [4.78, 5) is 7.81. The largest absolute Gasteiger partial charge is 0.277 e. The standard InChI is InChI=1S/C10H19N3/c1-2-3-10-4-11-7-12(5-10)9-13(6-10)8-11/h2-9H2,1H3. The number of nitrogens with zero attached hydrogens (tertiary/aromatic N) is 3. The zero-order chi connectivity index (χ0) is 8.89. The lowest BCUT2D eigenvalue weighted by molar-refractivity contribution is -0.174. The molecule has 4 aliphatic rings. The minimum Gasteiger partial charge on any atom is -0.277 e. The molecule has 0 aromatic rings. The summed E-state index contributed by atoms with van der Waals surface area (Å²) in [6.45, 7) is 10.1. The van der Waals surface area contributed by atoms with Crippen LogP contribution in [0.25, 0.3) is 0 Å². The Bertz CT molecular complexity index is 179. The molecular weight excluding hydrogens is 162 g/mol. The van der Waals surface area contributed by atoms with Gasteiger partial charge < -0.3 is 0 Å². The molecule has 4 saturated heterocycles. The third-order valence-corrected chi connectivity index (χ3v) is 3.66. The Labute approximate surface area is 80.3 Å². The van der Waals surface area contributed by atoms with Gasteiger partial charge in [-0.2, -0.15) is 0 Å². The summed E-state index contributed by atoms with van der Waals surface area (Å²) in [5.41, 5.74) is 0.628. The molecule has 0 atom stereocenters. The number of hydrogen-bond acceptors (Lipinski definition) is 3. The van der Waals surface area contributed by atoms with Crippen LogP contribution in [0.5, 0.6) is 0 Å². The minimum absolute atomic E-state index is 0.628. The van der Waals surface area contributed by atoms with Gasteiger partial charge in [0.1, 0.15) is 0 Å². The summed E-state index contributed by atoms with van der Waals surface area (Å²) < 4.78 is 0. The van der Waals surface area contributed by atoms with Crippen LogP contribution in [-0.4, -0.2) is 54.3 Å². The summed E-state index contributed by atoms with van der Waals surface area (Å²) >= 11 is 0. The minimum atomic E-state index is 0.628. The molecule has 0 aromatic carbocycles. The molecule has 3 heteroatoms. The highest BCUT2D eigenvalue weighted by molar-refractivity contribution is 4.98. The second-order valence-electron chi connectivity index (χ2n) is 5.16. The highest BCUT2D eigenvalue weighted by atomic mass is 15.5. The van der Waals surface area contributed by atoms with E-state index in [4.69, 9.17) is 0 Å². The van der Waals surface area contributed by atoms with Gasteiger partial charge in [0.15, 0.2) is 0 Å². The van der Waals surface area contributed by atoms with Gasteiger partial charge in [-0.15, -0.1) is 0 Å². The van der Waals surface area contributed by atoms with Crippen molar-refractivity contribution in [1.29, 1.82) is 0 Å². The van der Waals surface area contributed by atoms with Crippen LogP contribution in [0, 0.1) is 5.41 Å². The third-order valence-electron chi connectivity index (χ3n) is 3.66. The van der Waals surface area contributed by atoms with Crippen LogP contribution in [0.2, 0.25) is 0 Å². The Morgan fingerprint density at radius 3 is 1.77 bits per heavy atom. The zero-order valence-electron chi connectivity index (χ0n) is 8.50. The summed E-state index contributed by atoms with van der Waals surface area (Å²) in [5, 5.41) is 0. The van der Waals surface area contributed by atoms with E-state index in [1.165, 1.54) is 52.5 Å². The van der Waals surface area contributed by atoms with E-state index in [9.17, 15) is 0 Å². The highest BCUT2D eigenvalue weighted by Gasteiger charge is 2.47. The van der Waals surface area contributed by atoms with Gasteiger partial charge in [0.25, 0.3) is 0 Å². The van der Waals surface area contributed by atoms with Crippen LogP contribution in [0.1, 0.15) is 19.8 Å². The molecule has 0 aromatic heterocycles. The number of rotatable bonds is 2. The van der Waals surface area contributed by atoms with Crippen molar-refractivity contribution >= 4 is 0 Å². The molecule has 4 bridgehead atoms. The average Bonchev–Trinajstić information content (AvgIpc) is 2.00. The quantitative estimate of drug-likeness (QED) is 0.617. The Morgan fingerprint density at radius 1 is 0.923 bits per heavy atom. The lowest BCUT2D eigenvalue weighted by Gasteiger charge is -2.60. The van der Waals surface area contributed by atoms with Crippen molar-refractivity contribution in [2.24, 2.45) is 5.41 Å². The number of hydrogen-bond donors (Lipinski definition) is 0. The summed E-state index contributed by atoms with van der Waals surface area (Å²) in [6.07, 6.45) is 2.76. The van der Waals surface area contributed by atoms with Gasteiger partial charge in [0.2, 0.25) is 0 Å². The highest BCUT2D eigenvalue weighted by Crippen LogP contribution is 2.38. The van der Waals surface area contributed by atoms with Gasteiger partial charge >= 0.3 is 0 Å². The smallest absolute Gasteiger partial charge is 0.0530 e. The summed E-state index contributed by atoms with van der Waals surface area (Å²) in [6, 6.07) is 0. The fourth-order valence-corrected chi connectivity index (χ4v) is 3.62. The maximum absolute atomic E-state index is 2.60. The second kappa shape index (κ2) is 2.69. The van der Waals surface area contributed by atoms with E-state index in [0.29, 0.717) is 5.41 Å². The van der Waals surface area contributed by atoms with Crippen molar-refractivity contribution in [2.75, 3.05) is 39.6 Å². The molecule has 0 amide bonds. The van der Waals surface area contributed by atoms with Crippen LogP contribution in [-0.2, 0) is 0 Å². The maximum Gasteiger partial charge on any atom is 0.0530 e. The van der Waals surface area contributed by atoms with Crippen LogP contribution in [0.3, 0.4) is 0 Å². The normalized spacial score (nSPS) is 52.8. The van der Waals surface area contributed by atoms with E-state index in [1.54, 1.807) is 0 Å². The average molecular weight is 181 g/mol. The molecular formula is C10H19N3. The first-order valence-electron chi connectivity index (χ1n) is 5.47. The van der Waals surface area contributed by atoms with E-state index in [0.717, 1.165) is 0 Å². The van der Waals surface area contributed by atoms with Crippen molar-refractivity contribution in [2.45, 2.75) is 19.8 Å². The molecule has 0 unspecified atom stereocenters. The third kappa shape index (κ3) is 1.22. The summed E-state index contributed by atoms with van der Waals surface area (Å²) in [5.74, 6) is 0.